The lowest BCUT2D eigenvalue weighted by Gasteiger charge is -2.40. The van der Waals surface area contributed by atoms with Crippen molar-refractivity contribution in [2.24, 2.45) is 5.73 Å². The number of benzene rings is 1. The molecule has 2 heterocycles. The Kier molecular flexibility index (Phi) is 6.71. The van der Waals surface area contributed by atoms with Crippen LogP contribution < -0.4 is 5.73 Å². The van der Waals surface area contributed by atoms with E-state index in [9.17, 15) is 22.8 Å². The van der Waals surface area contributed by atoms with Crippen molar-refractivity contribution >= 4 is 11.8 Å². The molecule has 1 aromatic carbocycles. The topological polar surface area (TPSA) is 79.5 Å². The summed E-state index contributed by atoms with van der Waals surface area (Å²) in [4.78, 5) is 32.5. The van der Waals surface area contributed by atoms with E-state index in [1.165, 1.54) is 0 Å². The summed E-state index contributed by atoms with van der Waals surface area (Å²) in [6.07, 6.45) is 1.39. The average molecular weight is 420 g/mol. The van der Waals surface area contributed by atoms with Crippen molar-refractivity contribution in [3.05, 3.63) is 65.2 Å². The van der Waals surface area contributed by atoms with Gasteiger partial charge >= 0.3 is 0 Å². The van der Waals surface area contributed by atoms with Gasteiger partial charge < -0.3 is 15.5 Å². The van der Waals surface area contributed by atoms with Gasteiger partial charge in [-0.3, -0.25) is 14.6 Å². The maximum absolute atomic E-state index is 13.8. The van der Waals surface area contributed by atoms with Gasteiger partial charge in [0.1, 0.15) is 11.5 Å². The highest BCUT2D eigenvalue weighted by atomic mass is 19.2. The Bertz CT molecular complexity index is 926. The Morgan fingerprint density at radius 3 is 2.57 bits per heavy atom. The fourth-order valence-corrected chi connectivity index (χ4v) is 3.55. The molecule has 3 rings (SSSR count). The zero-order chi connectivity index (χ0) is 21.8. The standard InChI is InChI=1S/C21H23F3N4O2/c1-13-12-27(6-7-28(13)21(30)19-4-2-3-5-26-19)20(29)10-15(25)8-14-9-17(23)18(24)11-16(14)22/h2-5,9,11,13,15H,6-8,10,12,25H2,1H3/t13-,15+/m0/s1. The molecule has 1 saturated heterocycles. The zero-order valence-electron chi connectivity index (χ0n) is 16.5. The van der Waals surface area contributed by atoms with E-state index in [2.05, 4.69) is 4.98 Å². The van der Waals surface area contributed by atoms with Gasteiger partial charge in [-0.2, -0.15) is 0 Å². The second-order valence-electron chi connectivity index (χ2n) is 7.43. The molecule has 0 aliphatic carbocycles. The number of carbonyl (C=O) groups excluding carboxylic acids is 2. The quantitative estimate of drug-likeness (QED) is 0.752. The summed E-state index contributed by atoms with van der Waals surface area (Å²) in [6, 6.07) is 5.38. The number of halogens is 3. The van der Waals surface area contributed by atoms with Gasteiger partial charge in [-0.15, -0.1) is 0 Å². The highest BCUT2D eigenvalue weighted by Gasteiger charge is 2.31. The summed E-state index contributed by atoms with van der Waals surface area (Å²) >= 11 is 0. The van der Waals surface area contributed by atoms with Crippen molar-refractivity contribution < 1.29 is 22.8 Å². The van der Waals surface area contributed by atoms with E-state index < -0.39 is 23.5 Å². The lowest BCUT2D eigenvalue weighted by atomic mass is 10.0. The molecule has 0 radical (unpaired) electrons. The molecule has 30 heavy (non-hydrogen) atoms. The number of nitrogens with two attached hydrogens (primary N) is 1. The molecule has 1 aromatic heterocycles. The molecule has 2 atom stereocenters. The number of hydrogen-bond acceptors (Lipinski definition) is 4. The molecule has 1 aliphatic heterocycles. The average Bonchev–Trinajstić information content (AvgIpc) is 2.72. The summed E-state index contributed by atoms with van der Waals surface area (Å²) < 4.78 is 40.2. The largest absolute Gasteiger partial charge is 0.339 e. The number of pyridine rings is 1. The Labute approximate surface area is 172 Å². The predicted octanol–water partition coefficient (Wildman–Crippen LogP) is 2.13. The molecule has 0 saturated carbocycles. The summed E-state index contributed by atoms with van der Waals surface area (Å²) in [6.45, 7) is 2.88. The minimum absolute atomic E-state index is 0.0701. The predicted molar refractivity (Wildman–Crippen MR) is 104 cm³/mol. The molecule has 160 valence electrons. The lowest BCUT2D eigenvalue weighted by Crippen LogP contribution is -2.56. The molecule has 2 aromatic rings. The van der Waals surface area contributed by atoms with Crippen molar-refractivity contribution in [1.82, 2.24) is 14.8 Å². The van der Waals surface area contributed by atoms with Crippen LogP contribution in [-0.4, -0.2) is 58.3 Å². The number of amides is 2. The van der Waals surface area contributed by atoms with Gasteiger partial charge in [0.25, 0.3) is 5.91 Å². The summed E-state index contributed by atoms with van der Waals surface area (Å²) in [7, 11) is 0. The minimum Gasteiger partial charge on any atom is -0.339 e. The summed E-state index contributed by atoms with van der Waals surface area (Å²) in [5, 5.41) is 0. The second-order valence-corrected chi connectivity index (χ2v) is 7.43. The molecule has 0 bridgehead atoms. The molecule has 0 unspecified atom stereocenters. The Hall–Kier alpha value is -2.94. The van der Waals surface area contributed by atoms with E-state index in [4.69, 9.17) is 5.73 Å². The van der Waals surface area contributed by atoms with Crippen molar-refractivity contribution in [2.75, 3.05) is 19.6 Å². The summed E-state index contributed by atoms with van der Waals surface area (Å²) in [5.74, 6) is -3.75. The number of rotatable bonds is 5. The van der Waals surface area contributed by atoms with Crippen LogP contribution in [0.2, 0.25) is 0 Å². The molecule has 1 fully saturated rings. The molecule has 6 nitrogen and oxygen atoms in total. The van der Waals surface area contributed by atoms with Crippen molar-refractivity contribution in [2.45, 2.75) is 31.8 Å². The van der Waals surface area contributed by atoms with Crippen LogP contribution in [-0.2, 0) is 11.2 Å². The maximum atomic E-state index is 13.8. The van der Waals surface area contributed by atoms with Crippen LogP contribution in [0.3, 0.4) is 0 Å². The van der Waals surface area contributed by atoms with Crippen LogP contribution in [0.1, 0.15) is 29.4 Å². The second kappa shape index (κ2) is 9.25. The van der Waals surface area contributed by atoms with Gasteiger partial charge in [0.2, 0.25) is 5.91 Å². The molecule has 2 amide bonds. The molecule has 0 spiro atoms. The minimum atomic E-state index is -1.27. The number of carbonyl (C=O) groups is 2. The number of aromatic nitrogens is 1. The lowest BCUT2D eigenvalue weighted by molar-refractivity contribution is -0.134. The third kappa shape index (κ3) is 4.96. The van der Waals surface area contributed by atoms with Crippen LogP contribution in [0, 0.1) is 17.5 Å². The van der Waals surface area contributed by atoms with E-state index in [0.717, 1.165) is 6.07 Å². The van der Waals surface area contributed by atoms with Gasteiger partial charge in [0.15, 0.2) is 11.6 Å². The third-order valence-electron chi connectivity index (χ3n) is 5.13. The van der Waals surface area contributed by atoms with Crippen LogP contribution in [0.5, 0.6) is 0 Å². The Morgan fingerprint density at radius 1 is 1.17 bits per heavy atom. The molecule has 2 N–H and O–H groups in total. The van der Waals surface area contributed by atoms with Crippen molar-refractivity contribution in [3.8, 4) is 0 Å². The highest BCUT2D eigenvalue weighted by molar-refractivity contribution is 5.92. The van der Waals surface area contributed by atoms with E-state index in [1.807, 2.05) is 6.92 Å². The van der Waals surface area contributed by atoms with Crippen molar-refractivity contribution in [1.29, 1.82) is 0 Å². The van der Waals surface area contributed by atoms with E-state index in [0.29, 0.717) is 31.4 Å². The first-order valence-electron chi connectivity index (χ1n) is 9.65. The molecular formula is C21H23F3N4O2. The Balaban J connectivity index is 1.55. The number of hydrogen-bond donors (Lipinski definition) is 1. The van der Waals surface area contributed by atoms with E-state index in [-0.39, 0.29) is 36.3 Å². The number of piperazine rings is 1. The first-order chi connectivity index (χ1) is 14.3. The highest BCUT2D eigenvalue weighted by Crippen LogP contribution is 2.18. The first-order valence-corrected chi connectivity index (χ1v) is 9.65. The SMILES string of the molecule is C[C@H]1CN(C(=O)C[C@H](N)Cc2cc(F)c(F)cc2F)CCN1C(=O)c1ccccn1. The van der Waals surface area contributed by atoms with E-state index in [1.54, 1.807) is 34.2 Å². The maximum Gasteiger partial charge on any atom is 0.272 e. The van der Waals surface area contributed by atoms with Crippen LogP contribution in [0.25, 0.3) is 0 Å². The molecular weight excluding hydrogens is 397 g/mol. The molecule has 9 heteroatoms. The third-order valence-corrected chi connectivity index (χ3v) is 5.13. The normalized spacial score (nSPS) is 17.7. The number of nitrogens with zero attached hydrogens (tertiary/aromatic N) is 3. The van der Waals surface area contributed by atoms with Gasteiger partial charge in [-0.05, 0) is 37.1 Å². The molecule has 1 aliphatic rings. The van der Waals surface area contributed by atoms with Gasteiger partial charge in [0.05, 0.1) is 0 Å². The smallest absolute Gasteiger partial charge is 0.272 e. The van der Waals surface area contributed by atoms with Gasteiger partial charge in [0, 0.05) is 50.4 Å². The Morgan fingerprint density at radius 2 is 1.90 bits per heavy atom. The van der Waals surface area contributed by atoms with Crippen LogP contribution >= 0.6 is 0 Å². The first kappa shape index (κ1) is 21.8. The summed E-state index contributed by atoms with van der Waals surface area (Å²) in [5.41, 5.74) is 6.22. The van der Waals surface area contributed by atoms with Crippen molar-refractivity contribution in [3.63, 3.8) is 0 Å². The van der Waals surface area contributed by atoms with Gasteiger partial charge in [-0.25, -0.2) is 13.2 Å². The van der Waals surface area contributed by atoms with E-state index >= 15 is 0 Å². The fraction of sp³-hybridized carbons (Fsp3) is 0.381. The van der Waals surface area contributed by atoms with Crippen LogP contribution in [0.15, 0.2) is 36.5 Å². The van der Waals surface area contributed by atoms with Crippen LogP contribution in [0.4, 0.5) is 13.2 Å². The fourth-order valence-electron chi connectivity index (χ4n) is 3.55. The zero-order valence-corrected chi connectivity index (χ0v) is 16.5. The monoisotopic (exact) mass is 420 g/mol. The van der Waals surface area contributed by atoms with Gasteiger partial charge in [-0.1, -0.05) is 6.07 Å².